The standard InChI is InChI=1S/C28H31BrN4O3/c1-6-28(14-13-18-7-10-20(29)15-22(18)28)24(32-26(35)36-27(2,3)4)25(34)31-21-11-8-19(9-12-21)23-16-30-17-33(23)5/h6-12,15-17,24H,1,13-14H2,2-5H3,(H,31,34)(H,32,35)/t24-,28-/m1/s1. The Morgan fingerprint density at radius 2 is 1.94 bits per heavy atom. The van der Waals surface area contributed by atoms with Crippen LogP contribution in [0.1, 0.15) is 38.3 Å². The van der Waals surface area contributed by atoms with Crippen LogP contribution in [0, 0.1) is 0 Å². The van der Waals surface area contributed by atoms with Gasteiger partial charge in [0, 0.05) is 22.6 Å². The number of aryl methyl sites for hydroxylation is 2. The van der Waals surface area contributed by atoms with Crippen LogP contribution in [0.3, 0.4) is 0 Å². The summed E-state index contributed by atoms with van der Waals surface area (Å²) in [7, 11) is 1.93. The summed E-state index contributed by atoms with van der Waals surface area (Å²) in [5, 5.41) is 5.85. The Morgan fingerprint density at radius 3 is 2.56 bits per heavy atom. The molecule has 0 saturated heterocycles. The summed E-state index contributed by atoms with van der Waals surface area (Å²) >= 11 is 3.55. The second-order valence-corrected chi connectivity index (χ2v) is 11.0. The average Bonchev–Trinajstić information content (AvgIpc) is 3.40. The van der Waals surface area contributed by atoms with Crippen LogP contribution in [0.2, 0.25) is 0 Å². The van der Waals surface area contributed by atoms with Gasteiger partial charge in [0.05, 0.1) is 18.2 Å². The Balaban J connectivity index is 1.65. The quantitative estimate of drug-likeness (QED) is 0.382. The molecule has 2 amide bonds. The number of ether oxygens (including phenoxy) is 1. The lowest BCUT2D eigenvalue weighted by Gasteiger charge is -2.36. The molecule has 2 aromatic carbocycles. The van der Waals surface area contributed by atoms with Gasteiger partial charge in [-0.1, -0.05) is 40.2 Å². The van der Waals surface area contributed by atoms with E-state index < -0.39 is 23.2 Å². The van der Waals surface area contributed by atoms with E-state index in [1.807, 2.05) is 54.1 Å². The number of amides is 2. The lowest BCUT2D eigenvalue weighted by Crippen LogP contribution is -2.56. The van der Waals surface area contributed by atoms with E-state index in [2.05, 4.69) is 38.1 Å². The SMILES string of the molecule is C=C[C@@]1([C@H](NC(=O)OC(C)(C)C)C(=O)Nc2ccc(-c3cncn3C)cc2)CCc2ccc(Br)cc21. The van der Waals surface area contributed by atoms with E-state index in [4.69, 9.17) is 4.74 Å². The minimum Gasteiger partial charge on any atom is -0.444 e. The number of rotatable bonds is 6. The third kappa shape index (κ3) is 5.23. The molecule has 0 fully saturated rings. The van der Waals surface area contributed by atoms with E-state index in [9.17, 15) is 9.59 Å². The number of anilines is 1. The van der Waals surface area contributed by atoms with Gasteiger partial charge in [-0.3, -0.25) is 4.79 Å². The number of aromatic nitrogens is 2. The Labute approximate surface area is 220 Å². The van der Waals surface area contributed by atoms with E-state index in [0.717, 1.165) is 33.3 Å². The van der Waals surface area contributed by atoms with Crippen molar-refractivity contribution in [3.05, 3.63) is 83.2 Å². The van der Waals surface area contributed by atoms with Gasteiger partial charge in [-0.15, -0.1) is 6.58 Å². The molecule has 1 heterocycles. The molecule has 1 aliphatic carbocycles. The number of nitrogens with zero attached hydrogens (tertiary/aromatic N) is 2. The van der Waals surface area contributed by atoms with Gasteiger partial charge in [0.2, 0.25) is 5.91 Å². The number of nitrogens with one attached hydrogen (secondary N) is 2. The first kappa shape index (κ1) is 25.7. The summed E-state index contributed by atoms with van der Waals surface area (Å²) in [4.78, 5) is 30.8. The summed E-state index contributed by atoms with van der Waals surface area (Å²) < 4.78 is 8.34. The van der Waals surface area contributed by atoms with Crippen molar-refractivity contribution in [3.63, 3.8) is 0 Å². The highest BCUT2D eigenvalue weighted by molar-refractivity contribution is 9.10. The zero-order valence-corrected chi connectivity index (χ0v) is 22.6. The van der Waals surface area contributed by atoms with Crippen molar-refractivity contribution in [2.24, 2.45) is 7.05 Å². The van der Waals surface area contributed by atoms with Gasteiger partial charge >= 0.3 is 6.09 Å². The number of benzene rings is 2. The van der Waals surface area contributed by atoms with E-state index in [1.54, 1.807) is 39.4 Å². The molecule has 4 rings (SSSR count). The zero-order chi connectivity index (χ0) is 26.1. The molecule has 188 valence electrons. The lowest BCUT2D eigenvalue weighted by atomic mass is 9.74. The molecular formula is C28H31BrN4O3. The summed E-state index contributed by atoms with van der Waals surface area (Å²) in [6, 6.07) is 12.6. The molecule has 2 N–H and O–H groups in total. The zero-order valence-electron chi connectivity index (χ0n) is 21.0. The molecule has 0 radical (unpaired) electrons. The molecule has 7 nitrogen and oxygen atoms in total. The monoisotopic (exact) mass is 550 g/mol. The van der Waals surface area contributed by atoms with Crippen LogP contribution in [0.5, 0.6) is 0 Å². The highest BCUT2D eigenvalue weighted by Crippen LogP contribution is 2.44. The predicted molar refractivity (Wildman–Crippen MR) is 145 cm³/mol. The van der Waals surface area contributed by atoms with Crippen molar-refractivity contribution >= 4 is 33.6 Å². The van der Waals surface area contributed by atoms with Gasteiger partial charge in [-0.2, -0.15) is 0 Å². The van der Waals surface area contributed by atoms with Gasteiger partial charge < -0.3 is 19.9 Å². The second-order valence-electron chi connectivity index (χ2n) is 10.1. The van der Waals surface area contributed by atoms with Gasteiger partial charge in [0.15, 0.2) is 0 Å². The van der Waals surface area contributed by atoms with Crippen LogP contribution in [-0.4, -0.2) is 33.2 Å². The summed E-state index contributed by atoms with van der Waals surface area (Å²) in [5.74, 6) is -0.345. The molecule has 0 unspecified atom stereocenters. The predicted octanol–water partition coefficient (Wildman–Crippen LogP) is 5.75. The number of halogens is 1. The number of imidazole rings is 1. The first-order valence-corrected chi connectivity index (χ1v) is 12.6. The van der Waals surface area contributed by atoms with Crippen LogP contribution in [-0.2, 0) is 28.4 Å². The number of alkyl carbamates (subject to hydrolysis) is 1. The summed E-state index contributed by atoms with van der Waals surface area (Å²) in [6.45, 7) is 9.45. The summed E-state index contributed by atoms with van der Waals surface area (Å²) in [5.41, 5.74) is 3.16. The van der Waals surface area contributed by atoms with Gasteiger partial charge in [-0.25, -0.2) is 9.78 Å². The Kier molecular flexibility index (Phi) is 7.09. The molecular weight excluding hydrogens is 520 g/mol. The van der Waals surface area contributed by atoms with E-state index in [0.29, 0.717) is 12.1 Å². The highest BCUT2D eigenvalue weighted by atomic mass is 79.9. The molecule has 0 spiro atoms. The van der Waals surface area contributed by atoms with E-state index in [-0.39, 0.29) is 5.91 Å². The van der Waals surface area contributed by atoms with Crippen molar-refractivity contribution < 1.29 is 14.3 Å². The molecule has 1 aromatic heterocycles. The molecule has 0 bridgehead atoms. The third-order valence-electron chi connectivity index (χ3n) is 6.45. The fraction of sp³-hybridized carbons (Fsp3) is 0.321. The van der Waals surface area contributed by atoms with Crippen LogP contribution in [0.15, 0.2) is 72.1 Å². The maximum atomic E-state index is 13.8. The summed E-state index contributed by atoms with van der Waals surface area (Å²) in [6.07, 6.45) is 6.06. The Hall–Kier alpha value is -3.39. The minimum atomic E-state index is -0.933. The molecule has 3 aromatic rings. The van der Waals surface area contributed by atoms with Gasteiger partial charge in [0.25, 0.3) is 0 Å². The number of carbonyl (C=O) groups is 2. The van der Waals surface area contributed by atoms with Gasteiger partial charge in [0.1, 0.15) is 11.6 Å². The molecule has 1 aliphatic rings. The first-order valence-electron chi connectivity index (χ1n) is 11.8. The van der Waals surface area contributed by atoms with Crippen LogP contribution in [0.4, 0.5) is 10.5 Å². The number of carbonyl (C=O) groups excluding carboxylic acids is 2. The van der Waals surface area contributed by atoms with Gasteiger partial charge in [-0.05, 0) is 74.6 Å². The molecule has 36 heavy (non-hydrogen) atoms. The number of hydrogen-bond donors (Lipinski definition) is 2. The second kappa shape index (κ2) is 9.93. The van der Waals surface area contributed by atoms with Crippen LogP contribution < -0.4 is 10.6 Å². The average molecular weight is 551 g/mol. The third-order valence-corrected chi connectivity index (χ3v) is 6.94. The fourth-order valence-corrected chi connectivity index (χ4v) is 5.09. The Morgan fingerprint density at radius 1 is 1.22 bits per heavy atom. The fourth-order valence-electron chi connectivity index (χ4n) is 4.73. The smallest absolute Gasteiger partial charge is 0.408 e. The normalized spacial score (nSPS) is 17.7. The van der Waals surface area contributed by atoms with Crippen molar-refractivity contribution in [2.45, 2.75) is 50.7 Å². The van der Waals surface area contributed by atoms with Crippen molar-refractivity contribution in [1.82, 2.24) is 14.9 Å². The maximum absolute atomic E-state index is 13.8. The molecule has 8 heteroatoms. The molecule has 0 aliphatic heterocycles. The molecule has 2 atom stereocenters. The topological polar surface area (TPSA) is 85.2 Å². The highest BCUT2D eigenvalue weighted by Gasteiger charge is 2.47. The number of hydrogen-bond acceptors (Lipinski definition) is 4. The maximum Gasteiger partial charge on any atom is 0.408 e. The molecule has 0 saturated carbocycles. The minimum absolute atomic E-state index is 0.345. The Bertz CT molecular complexity index is 1290. The first-order chi connectivity index (χ1) is 17.0. The lowest BCUT2D eigenvalue weighted by molar-refractivity contribution is -0.119. The van der Waals surface area contributed by atoms with Crippen molar-refractivity contribution in [2.75, 3.05) is 5.32 Å². The van der Waals surface area contributed by atoms with E-state index in [1.165, 1.54) is 0 Å². The number of fused-ring (bicyclic) bond motifs is 1. The van der Waals surface area contributed by atoms with E-state index >= 15 is 0 Å². The van der Waals surface area contributed by atoms with Crippen molar-refractivity contribution in [1.29, 1.82) is 0 Å². The van der Waals surface area contributed by atoms with Crippen LogP contribution in [0.25, 0.3) is 11.3 Å². The van der Waals surface area contributed by atoms with Crippen LogP contribution >= 0.6 is 15.9 Å². The van der Waals surface area contributed by atoms with Crippen molar-refractivity contribution in [3.8, 4) is 11.3 Å². The largest absolute Gasteiger partial charge is 0.444 e.